The molecule has 0 amide bonds. The number of hydrogen-bond donors (Lipinski definition) is 1. The Labute approximate surface area is 138 Å². The number of halogens is 1. The molecule has 0 saturated heterocycles. The summed E-state index contributed by atoms with van der Waals surface area (Å²) in [4.78, 5) is 0. The van der Waals surface area contributed by atoms with E-state index in [-0.39, 0.29) is 24.0 Å². The molecular weight excluding hydrogens is 369 g/mol. The molecule has 1 atom stereocenters. The van der Waals surface area contributed by atoms with E-state index in [1.54, 1.807) is 0 Å². The molecule has 0 aliphatic carbocycles. The number of fused-ring (bicyclic) bond motifs is 1. The molecule has 0 fully saturated rings. The maximum Gasteiger partial charge on any atom is 0.161 e. The Morgan fingerprint density at radius 3 is 2.35 bits per heavy atom. The molecule has 0 radical (unpaired) electrons. The first-order valence-electron chi connectivity index (χ1n) is 6.99. The van der Waals surface area contributed by atoms with E-state index in [0.29, 0.717) is 19.8 Å². The van der Waals surface area contributed by atoms with Crippen LogP contribution in [-0.4, -0.2) is 49.5 Å². The van der Waals surface area contributed by atoms with Gasteiger partial charge in [0.25, 0.3) is 0 Å². The van der Waals surface area contributed by atoms with E-state index in [1.165, 1.54) is 0 Å². The van der Waals surface area contributed by atoms with E-state index < -0.39 is 6.10 Å². The predicted octanol–water partition coefficient (Wildman–Crippen LogP) is -1.02. The monoisotopic (exact) mass is 393 g/mol. The van der Waals surface area contributed by atoms with Crippen molar-refractivity contribution in [3.63, 3.8) is 0 Å². The number of nitrogens with zero attached hydrogens (tertiary/aromatic N) is 1. The van der Waals surface area contributed by atoms with Crippen LogP contribution in [0.3, 0.4) is 0 Å². The Bertz CT molecular complexity index is 435. The lowest BCUT2D eigenvalue weighted by molar-refractivity contribution is -0.909. The van der Waals surface area contributed by atoms with E-state index in [1.807, 2.05) is 18.2 Å². The van der Waals surface area contributed by atoms with Crippen molar-refractivity contribution < 1.29 is 43.0 Å². The number of rotatable bonds is 5. The summed E-state index contributed by atoms with van der Waals surface area (Å²) >= 11 is 0. The first kappa shape index (κ1) is 17.5. The lowest BCUT2D eigenvalue weighted by Crippen LogP contribution is -3.00. The van der Waals surface area contributed by atoms with Gasteiger partial charge in [0, 0.05) is 0 Å². The fourth-order valence-corrected chi connectivity index (χ4v) is 2.27. The first-order chi connectivity index (χ1) is 9.08. The van der Waals surface area contributed by atoms with Crippen LogP contribution in [0.2, 0.25) is 0 Å². The third kappa shape index (κ3) is 3.99. The van der Waals surface area contributed by atoms with Gasteiger partial charge in [-0.3, -0.25) is 0 Å². The maximum absolute atomic E-state index is 10.4. The van der Waals surface area contributed by atoms with Gasteiger partial charge in [-0.2, -0.15) is 0 Å². The molecule has 1 aromatic rings. The largest absolute Gasteiger partial charge is 1.00 e. The molecule has 4 nitrogen and oxygen atoms in total. The number of likely N-dealkylation sites (N-methyl/N-ethyl adjacent to an activating group) is 1. The molecule has 114 valence electrons. The van der Waals surface area contributed by atoms with Crippen molar-refractivity contribution in [1.29, 1.82) is 0 Å². The quantitative estimate of drug-likeness (QED) is 0.515. The second kappa shape index (κ2) is 7.47. The second-order valence-corrected chi connectivity index (χ2v) is 5.35. The molecule has 0 bridgehead atoms. The van der Waals surface area contributed by atoms with Gasteiger partial charge in [0.15, 0.2) is 11.5 Å². The minimum Gasteiger partial charge on any atom is -1.00 e. The molecule has 0 aromatic heterocycles. The van der Waals surface area contributed by atoms with Crippen LogP contribution in [0.25, 0.3) is 0 Å². The Balaban J connectivity index is 0.00000200. The number of quaternary nitrogens is 1. The smallest absolute Gasteiger partial charge is 0.161 e. The Hall–Kier alpha value is -0.530. The number of hydrogen-bond acceptors (Lipinski definition) is 3. The number of ether oxygens (including phenoxy) is 2. The van der Waals surface area contributed by atoms with Gasteiger partial charge >= 0.3 is 0 Å². The van der Waals surface area contributed by atoms with Gasteiger partial charge in [-0.25, -0.2) is 0 Å². The third-order valence-electron chi connectivity index (χ3n) is 4.09. The van der Waals surface area contributed by atoms with E-state index >= 15 is 0 Å². The molecule has 1 unspecified atom stereocenters. The van der Waals surface area contributed by atoms with Crippen molar-refractivity contribution in [3.05, 3.63) is 23.8 Å². The van der Waals surface area contributed by atoms with Crippen molar-refractivity contribution in [1.82, 2.24) is 0 Å². The molecule has 0 spiro atoms. The molecule has 0 saturated carbocycles. The third-order valence-corrected chi connectivity index (χ3v) is 4.09. The summed E-state index contributed by atoms with van der Waals surface area (Å²) < 4.78 is 11.9. The highest BCUT2D eigenvalue weighted by atomic mass is 127. The molecule has 1 aliphatic rings. The first-order valence-corrected chi connectivity index (χ1v) is 6.99. The zero-order valence-electron chi connectivity index (χ0n) is 12.4. The van der Waals surface area contributed by atoms with Crippen LogP contribution >= 0.6 is 0 Å². The SMILES string of the molecule is CC[N+](C)(CC)CC(O)c1ccc2c(c1)OCCO2.[I-]. The maximum atomic E-state index is 10.4. The van der Waals surface area contributed by atoms with Crippen LogP contribution in [0.5, 0.6) is 11.5 Å². The van der Waals surface area contributed by atoms with Crippen LogP contribution in [-0.2, 0) is 0 Å². The van der Waals surface area contributed by atoms with Crippen LogP contribution < -0.4 is 33.5 Å². The number of benzene rings is 1. The van der Waals surface area contributed by atoms with Crippen LogP contribution in [0.1, 0.15) is 25.5 Å². The van der Waals surface area contributed by atoms with Gasteiger partial charge in [-0.15, -0.1) is 0 Å². The highest BCUT2D eigenvalue weighted by molar-refractivity contribution is 5.44. The summed E-state index contributed by atoms with van der Waals surface area (Å²) in [6, 6.07) is 5.71. The zero-order valence-corrected chi connectivity index (χ0v) is 14.6. The predicted molar refractivity (Wildman–Crippen MR) is 74.5 cm³/mol. The number of aliphatic hydroxyl groups excluding tert-OH is 1. The number of aliphatic hydroxyl groups is 1. The molecule has 1 N–H and O–H groups in total. The van der Waals surface area contributed by atoms with E-state index in [2.05, 4.69) is 20.9 Å². The van der Waals surface area contributed by atoms with Crippen molar-refractivity contribution in [2.75, 3.05) is 39.9 Å². The van der Waals surface area contributed by atoms with Crippen molar-refractivity contribution in [3.8, 4) is 11.5 Å². The van der Waals surface area contributed by atoms with E-state index in [0.717, 1.165) is 34.6 Å². The Morgan fingerprint density at radius 1 is 1.15 bits per heavy atom. The van der Waals surface area contributed by atoms with Crippen molar-refractivity contribution in [2.24, 2.45) is 0 Å². The Morgan fingerprint density at radius 2 is 1.75 bits per heavy atom. The normalized spacial score (nSPS) is 15.4. The lowest BCUT2D eigenvalue weighted by Gasteiger charge is -2.34. The summed E-state index contributed by atoms with van der Waals surface area (Å²) in [5.74, 6) is 1.51. The van der Waals surface area contributed by atoms with E-state index in [9.17, 15) is 5.11 Å². The summed E-state index contributed by atoms with van der Waals surface area (Å²) in [6.45, 7) is 8.21. The lowest BCUT2D eigenvalue weighted by atomic mass is 10.1. The molecule has 1 heterocycles. The minimum atomic E-state index is -0.472. The topological polar surface area (TPSA) is 38.7 Å². The molecule has 2 rings (SSSR count). The average Bonchev–Trinajstić information content (AvgIpc) is 2.46. The van der Waals surface area contributed by atoms with Gasteiger partial charge in [-0.1, -0.05) is 6.07 Å². The molecule has 20 heavy (non-hydrogen) atoms. The standard InChI is InChI=1S/C15H24NO3.HI/c1-4-16(3,5-2)11-13(17)12-6-7-14-15(10-12)19-9-8-18-14;/h6-7,10,13,17H,4-5,8-9,11H2,1-3H3;1H/q+1;/p-1. The average molecular weight is 393 g/mol. The van der Waals surface area contributed by atoms with E-state index in [4.69, 9.17) is 9.47 Å². The highest BCUT2D eigenvalue weighted by Crippen LogP contribution is 2.33. The minimum absolute atomic E-state index is 0. The van der Waals surface area contributed by atoms with Gasteiger partial charge in [0.1, 0.15) is 25.9 Å². The second-order valence-electron chi connectivity index (χ2n) is 5.35. The zero-order chi connectivity index (χ0) is 13.9. The summed E-state index contributed by atoms with van der Waals surface area (Å²) in [6.07, 6.45) is -0.472. The van der Waals surface area contributed by atoms with Crippen LogP contribution in [0.15, 0.2) is 18.2 Å². The van der Waals surface area contributed by atoms with Gasteiger partial charge in [0.2, 0.25) is 0 Å². The summed E-state index contributed by atoms with van der Waals surface area (Å²) in [5, 5.41) is 10.4. The molecule has 1 aliphatic heterocycles. The fraction of sp³-hybridized carbons (Fsp3) is 0.600. The van der Waals surface area contributed by atoms with Crippen LogP contribution in [0, 0.1) is 0 Å². The Kier molecular flexibility index (Phi) is 6.54. The molecule has 1 aromatic carbocycles. The van der Waals surface area contributed by atoms with Gasteiger partial charge < -0.3 is 43.0 Å². The fourth-order valence-electron chi connectivity index (χ4n) is 2.27. The van der Waals surface area contributed by atoms with Crippen LogP contribution in [0.4, 0.5) is 0 Å². The molecule has 5 heteroatoms. The van der Waals surface area contributed by atoms with Crippen molar-refractivity contribution >= 4 is 0 Å². The van der Waals surface area contributed by atoms with Crippen molar-refractivity contribution in [2.45, 2.75) is 20.0 Å². The highest BCUT2D eigenvalue weighted by Gasteiger charge is 2.24. The van der Waals surface area contributed by atoms with Gasteiger partial charge in [0.05, 0.1) is 20.1 Å². The van der Waals surface area contributed by atoms with Gasteiger partial charge in [-0.05, 0) is 31.5 Å². The summed E-state index contributed by atoms with van der Waals surface area (Å²) in [5.41, 5.74) is 0.899. The summed E-state index contributed by atoms with van der Waals surface area (Å²) in [7, 11) is 2.17. The molecular formula is C15H24INO3.